The number of hydrogen-bond acceptors (Lipinski definition) is 3. The third-order valence-corrected chi connectivity index (χ3v) is 1.68. The van der Waals surface area contributed by atoms with E-state index in [2.05, 4.69) is 10.6 Å². The molecule has 0 fully saturated rings. The Labute approximate surface area is 93.4 Å². The first-order chi connectivity index (χ1) is 7.32. The Morgan fingerprint density at radius 1 is 1.31 bits per heavy atom. The zero-order valence-electron chi connectivity index (χ0n) is 9.32. The lowest BCUT2D eigenvalue weighted by Gasteiger charge is -2.14. The molecule has 0 saturated heterocycles. The molecule has 0 aliphatic heterocycles. The lowest BCUT2D eigenvalue weighted by Crippen LogP contribution is -2.48. The van der Waals surface area contributed by atoms with Gasteiger partial charge in [-0.25, -0.2) is 9.59 Å². The summed E-state index contributed by atoms with van der Waals surface area (Å²) in [7, 11) is 0. The van der Waals surface area contributed by atoms with Crippen molar-refractivity contribution in [3.05, 3.63) is 0 Å². The molecule has 0 aromatic carbocycles. The summed E-state index contributed by atoms with van der Waals surface area (Å²) in [6, 6.07) is -1.91. The molecule has 0 rings (SSSR count). The van der Waals surface area contributed by atoms with E-state index in [4.69, 9.17) is 10.8 Å². The fraction of sp³-hybridized carbons (Fsp3) is 0.667. The minimum Gasteiger partial charge on any atom is -0.480 e. The van der Waals surface area contributed by atoms with Crippen LogP contribution in [0.15, 0.2) is 0 Å². The molecule has 0 aromatic heterocycles. The van der Waals surface area contributed by atoms with Gasteiger partial charge in [-0.05, 0) is 5.92 Å². The SMILES string of the molecule is CC(C)CNC(=O)NC(CC(N)=O)C(=O)O. The molecule has 0 bridgehead atoms. The van der Waals surface area contributed by atoms with Crippen molar-refractivity contribution in [3.63, 3.8) is 0 Å². The predicted molar refractivity (Wildman–Crippen MR) is 56.6 cm³/mol. The van der Waals surface area contributed by atoms with Crippen molar-refractivity contribution in [3.8, 4) is 0 Å². The molecule has 0 spiro atoms. The Kier molecular flexibility index (Phi) is 5.91. The number of carbonyl (C=O) groups excluding carboxylic acids is 2. The monoisotopic (exact) mass is 231 g/mol. The Morgan fingerprint density at radius 2 is 1.88 bits per heavy atom. The lowest BCUT2D eigenvalue weighted by molar-refractivity contribution is -0.140. The Morgan fingerprint density at radius 3 is 2.25 bits per heavy atom. The van der Waals surface area contributed by atoms with Gasteiger partial charge in [0.1, 0.15) is 6.04 Å². The molecule has 7 nitrogen and oxygen atoms in total. The number of aliphatic carboxylic acids is 1. The van der Waals surface area contributed by atoms with E-state index in [1.165, 1.54) is 0 Å². The summed E-state index contributed by atoms with van der Waals surface area (Å²) >= 11 is 0. The molecule has 0 aliphatic carbocycles. The number of carbonyl (C=O) groups is 3. The van der Waals surface area contributed by atoms with Gasteiger partial charge in [0.05, 0.1) is 6.42 Å². The zero-order chi connectivity index (χ0) is 12.7. The minimum atomic E-state index is -1.29. The highest BCUT2D eigenvalue weighted by molar-refractivity contribution is 5.87. The van der Waals surface area contributed by atoms with Gasteiger partial charge in [-0.15, -0.1) is 0 Å². The Hall–Kier alpha value is -1.79. The van der Waals surface area contributed by atoms with Crippen molar-refractivity contribution in [2.24, 2.45) is 11.7 Å². The van der Waals surface area contributed by atoms with Gasteiger partial charge in [0, 0.05) is 6.54 Å². The molecule has 1 atom stereocenters. The molecule has 0 aromatic rings. The first-order valence-corrected chi connectivity index (χ1v) is 4.88. The predicted octanol–water partition coefficient (Wildman–Crippen LogP) is -0.730. The summed E-state index contributed by atoms with van der Waals surface area (Å²) in [5, 5.41) is 13.3. The molecular formula is C9H17N3O4. The van der Waals surface area contributed by atoms with Crippen LogP contribution in [0.2, 0.25) is 0 Å². The number of hydrogen-bond donors (Lipinski definition) is 4. The maximum Gasteiger partial charge on any atom is 0.326 e. The Balaban J connectivity index is 4.13. The van der Waals surface area contributed by atoms with Crippen LogP contribution in [-0.2, 0) is 9.59 Å². The highest BCUT2D eigenvalue weighted by atomic mass is 16.4. The lowest BCUT2D eigenvalue weighted by atomic mass is 10.2. The van der Waals surface area contributed by atoms with E-state index < -0.39 is 30.4 Å². The molecule has 5 N–H and O–H groups in total. The van der Waals surface area contributed by atoms with Crippen molar-refractivity contribution < 1.29 is 19.5 Å². The summed E-state index contributed by atoms with van der Waals surface area (Å²) in [5.41, 5.74) is 4.86. The summed E-state index contributed by atoms with van der Waals surface area (Å²) in [4.78, 5) is 32.4. The largest absolute Gasteiger partial charge is 0.480 e. The van der Waals surface area contributed by atoms with Crippen LogP contribution in [0.25, 0.3) is 0 Å². The van der Waals surface area contributed by atoms with Crippen LogP contribution in [0.3, 0.4) is 0 Å². The molecule has 0 heterocycles. The van der Waals surface area contributed by atoms with Gasteiger partial charge in [0.2, 0.25) is 5.91 Å². The fourth-order valence-electron chi connectivity index (χ4n) is 0.907. The van der Waals surface area contributed by atoms with Crippen LogP contribution in [0.4, 0.5) is 4.79 Å². The molecule has 0 aliphatic rings. The number of carboxylic acid groups (broad SMARTS) is 1. The summed E-state index contributed by atoms with van der Waals surface area (Å²) in [6.07, 6.45) is -0.426. The summed E-state index contributed by atoms with van der Waals surface area (Å²) in [6.45, 7) is 4.23. The zero-order valence-corrected chi connectivity index (χ0v) is 9.32. The van der Waals surface area contributed by atoms with E-state index in [1.807, 2.05) is 13.8 Å². The van der Waals surface area contributed by atoms with Crippen LogP contribution in [0, 0.1) is 5.92 Å². The highest BCUT2D eigenvalue weighted by Gasteiger charge is 2.21. The Bertz CT molecular complexity index is 278. The van der Waals surface area contributed by atoms with Crippen molar-refractivity contribution >= 4 is 17.9 Å². The van der Waals surface area contributed by atoms with Crippen LogP contribution in [0.1, 0.15) is 20.3 Å². The molecule has 1 unspecified atom stereocenters. The smallest absolute Gasteiger partial charge is 0.326 e. The molecule has 16 heavy (non-hydrogen) atoms. The molecular weight excluding hydrogens is 214 g/mol. The molecule has 0 radical (unpaired) electrons. The van der Waals surface area contributed by atoms with Crippen LogP contribution < -0.4 is 16.4 Å². The normalized spacial score (nSPS) is 11.9. The quantitative estimate of drug-likeness (QED) is 0.481. The van der Waals surface area contributed by atoms with Crippen LogP contribution in [0.5, 0.6) is 0 Å². The number of nitrogens with one attached hydrogen (secondary N) is 2. The van der Waals surface area contributed by atoms with Crippen molar-refractivity contribution in [2.45, 2.75) is 26.3 Å². The number of primary amides is 1. The second kappa shape index (κ2) is 6.65. The van der Waals surface area contributed by atoms with Crippen molar-refractivity contribution in [1.29, 1.82) is 0 Å². The number of amides is 3. The summed E-state index contributed by atoms with van der Waals surface area (Å²) < 4.78 is 0. The van der Waals surface area contributed by atoms with Gasteiger partial charge >= 0.3 is 12.0 Å². The van der Waals surface area contributed by atoms with E-state index in [0.717, 1.165) is 0 Å². The standard InChI is InChI=1S/C9H17N3O4/c1-5(2)4-11-9(16)12-6(8(14)15)3-7(10)13/h5-6H,3-4H2,1-2H3,(H2,10,13)(H,14,15)(H2,11,12,16). The van der Waals surface area contributed by atoms with Crippen molar-refractivity contribution in [1.82, 2.24) is 10.6 Å². The number of urea groups is 1. The van der Waals surface area contributed by atoms with E-state index >= 15 is 0 Å². The number of carboxylic acids is 1. The van der Waals surface area contributed by atoms with E-state index in [1.54, 1.807) is 0 Å². The third-order valence-electron chi connectivity index (χ3n) is 1.68. The van der Waals surface area contributed by atoms with Gasteiger partial charge in [0.15, 0.2) is 0 Å². The second-order valence-corrected chi connectivity index (χ2v) is 3.81. The van der Waals surface area contributed by atoms with Crippen molar-refractivity contribution in [2.75, 3.05) is 6.54 Å². The maximum absolute atomic E-state index is 11.2. The average molecular weight is 231 g/mol. The molecule has 0 saturated carbocycles. The third kappa shape index (κ3) is 6.63. The fourth-order valence-corrected chi connectivity index (χ4v) is 0.907. The summed E-state index contributed by atoms with van der Waals surface area (Å²) in [5.74, 6) is -1.82. The molecule has 3 amide bonds. The first kappa shape index (κ1) is 14.2. The maximum atomic E-state index is 11.2. The highest BCUT2D eigenvalue weighted by Crippen LogP contribution is 1.92. The van der Waals surface area contributed by atoms with Gasteiger partial charge in [-0.3, -0.25) is 4.79 Å². The number of rotatable bonds is 6. The second-order valence-electron chi connectivity index (χ2n) is 3.81. The molecule has 92 valence electrons. The van der Waals surface area contributed by atoms with Gasteiger partial charge < -0.3 is 21.5 Å². The van der Waals surface area contributed by atoms with Gasteiger partial charge in [-0.1, -0.05) is 13.8 Å². The first-order valence-electron chi connectivity index (χ1n) is 4.88. The average Bonchev–Trinajstić information content (AvgIpc) is 2.12. The van der Waals surface area contributed by atoms with Crippen LogP contribution in [-0.4, -0.2) is 35.6 Å². The van der Waals surface area contributed by atoms with E-state index in [9.17, 15) is 14.4 Å². The van der Waals surface area contributed by atoms with Crippen LogP contribution >= 0.6 is 0 Å². The molecule has 7 heteroatoms. The van der Waals surface area contributed by atoms with Gasteiger partial charge in [-0.2, -0.15) is 0 Å². The van der Waals surface area contributed by atoms with E-state index in [-0.39, 0.29) is 5.92 Å². The van der Waals surface area contributed by atoms with Gasteiger partial charge in [0.25, 0.3) is 0 Å². The minimum absolute atomic E-state index is 0.255. The van der Waals surface area contributed by atoms with E-state index in [0.29, 0.717) is 6.54 Å². The topological polar surface area (TPSA) is 122 Å². The number of nitrogens with two attached hydrogens (primary N) is 1.